The monoisotopic (exact) mass is 344 g/mol. The van der Waals surface area contributed by atoms with Crippen LogP contribution < -0.4 is 15.0 Å². The molecule has 1 aliphatic rings. The van der Waals surface area contributed by atoms with Crippen LogP contribution in [0, 0.1) is 0 Å². The van der Waals surface area contributed by atoms with Gasteiger partial charge in [-0.25, -0.2) is 4.90 Å². The van der Waals surface area contributed by atoms with Crippen molar-refractivity contribution in [3.63, 3.8) is 0 Å². The Labute approximate surface area is 144 Å². The summed E-state index contributed by atoms with van der Waals surface area (Å²) in [4.78, 5) is 14.1. The van der Waals surface area contributed by atoms with Gasteiger partial charge in [0.2, 0.25) is 0 Å². The van der Waals surface area contributed by atoms with Crippen molar-refractivity contribution in [2.24, 2.45) is 0 Å². The molecule has 0 atom stereocenters. The molecule has 2 aromatic carbocycles. The number of carbonyl (C=O) groups excluding carboxylic acids is 1. The molecule has 116 valence electrons. The maximum absolute atomic E-state index is 12.7. The standard InChI is InChI=1S/C17H13ClN2O2S/c1-22-15-8-3-2-7-14(15)20-16(21)13(19-17(20)23)10-11-5-4-6-12(18)9-11/h2-10H,1H3,(H,19,23)/b13-10-. The number of anilines is 1. The fraction of sp³-hybridized carbons (Fsp3) is 0.0588. The van der Waals surface area contributed by atoms with Gasteiger partial charge in [0.25, 0.3) is 5.91 Å². The number of ether oxygens (including phenoxy) is 1. The average Bonchev–Trinajstić information content (AvgIpc) is 2.81. The van der Waals surface area contributed by atoms with E-state index >= 15 is 0 Å². The van der Waals surface area contributed by atoms with Crippen LogP contribution in [0.2, 0.25) is 5.02 Å². The molecule has 1 N–H and O–H groups in total. The minimum atomic E-state index is -0.237. The summed E-state index contributed by atoms with van der Waals surface area (Å²) in [6.07, 6.45) is 1.72. The van der Waals surface area contributed by atoms with Gasteiger partial charge in [-0.05, 0) is 48.1 Å². The van der Waals surface area contributed by atoms with Crippen molar-refractivity contribution in [3.05, 3.63) is 64.8 Å². The third-order valence-electron chi connectivity index (χ3n) is 3.36. The molecule has 0 unspecified atom stereocenters. The Morgan fingerprint density at radius 2 is 2.00 bits per heavy atom. The molecule has 1 fully saturated rings. The molecule has 1 amide bonds. The lowest BCUT2D eigenvalue weighted by atomic mass is 10.2. The van der Waals surface area contributed by atoms with Gasteiger partial charge in [-0.3, -0.25) is 4.79 Å². The Bertz CT molecular complexity index is 820. The van der Waals surface area contributed by atoms with E-state index in [0.717, 1.165) is 5.56 Å². The predicted octanol–water partition coefficient (Wildman–Crippen LogP) is 3.61. The molecule has 0 spiro atoms. The molecule has 0 aromatic heterocycles. The Kier molecular flexibility index (Phi) is 4.32. The highest BCUT2D eigenvalue weighted by Gasteiger charge is 2.33. The Balaban J connectivity index is 1.97. The molecule has 0 aliphatic carbocycles. The van der Waals surface area contributed by atoms with Gasteiger partial charge in [0.05, 0.1) is 12.8 Å². The van der Waals surface area contributed by atoms with Gasteiger partial charge in [-0.2, -0.15) is 0 Å². The fourth-order valence-corrected chi connectivity index (χ4v) is 2.82. The topological polar surface area (TPSA) is 41.6 Å². The number of halogens is 1. The zero-order chi connectivity index (χ0) is 16.4. The second kappa shape index (κ2) is 6.40. The number of nitrogens with zero attached hydrogens (tertiary/aromatic N) is 1. The van der Waals surface area contributed by atoms with E-state index in [1.807, 2.05) is 24.3 Å². The van der Waals surface area contributed by atoms with Gasteiger partial charge in [0, 0.05) is 5.02 Å². The minimum absolute atomic E-state index is 0.237. The van der Waals surface area contributed by atoms with Crippen molar-refractivity contribution in [3.8, 4) is 5.75 Å². The SMILES string of the molecule is COc1ccccc1N1C(=O)/C(=C/c2cccc(Cl)c2)NC1=S. The molecule has 4 nitrogen and oxygen atoms in total. The van der Waals surface area contributed by atoms with Gasteiger partial charge in [-0.1, -0.05) is 35.9 Å². The van der Waals surface area contributed by atoms with Crippen LogP contribution in [0.4, 0.5) is 5.69 Å². The number of para-hydroxylation sites is 2. The molecule has 0 radical (unpaired) electrons. The van der Waals surface area contributed by atoms with Crippen LogP contribution in [0.5, 0.6) is 5.75 Å². The minimum Gasteiger partial charge on any atom is -0.495 e. The van der Waals surface area contributed by atoms with Gasteiger partial charge in [0.15, 0.2) is 5.11 Å². The summed E-state index contributed by atoms with van der Waals surface area (Å²) in [6.45, 7) is 0. The molecular formula is C17H13ClN2O2S. The van der Waals surface area contributed by atoms with Gasteiger partial charge in [0.1, 0.15) is 11.4 Å². The summed E-state index contributed by atoms with van der Waals surface area (Å²) in [5.74, 6) is 0.341. The summed E-state index contributed by atoms with van der Waals surface area (Å²) in [5.41, 5.74) is 1.81. The molecule has 3 rings (SSSR count). The van der Waals surface area contributed by atoms with Gasteiger partial charge < -0.3 is 10.1 Å². The fourth-order valence-electron chi connectivity index (χ4n) is 2.33. The van der Waals surface area contributed by atoms with E-state index in [9.17, 15) is 4.79 Å². The van der Waals surface area contributed by atoms with Crippen LogP contribution in [-0.2, 0) is 4.79 Å². The van der Waals surface area contributed by atoms with E-state index in [1.54, 1.807) is 37.5 Å². The molecule has 0 bridgehead atoms. The first kappa shape index (κ1) is 15.5. The van der Waals surface area contributed by atoms with E-state index in [-0.39, 0.29) is 5.91 Å². The Morgan fingerprint density at radius 3 is 2.74 bits per heavy atom. The number of hydrogen-bond donors (Lipinski definition) is 1. The van der Waals surface area contributed by atoms with E-state index < -0.39 is 0 Å². The van der Waals surface area contributed by atoms with Crippen LogP contribution in [0.1, 0.15) is 5.56 Å². The van der Waals surface area contributed by atoms with Crippen LogP contribution in [0.3, 0.4) is 0 Å². The van der Waals surface area contributed by atoms with Crippen molar-refractivity contribution < 1.29 is 9.53 Å². The third kappa shape index (κ3) is 3.06. The normalized spacial score (nSPS) is 15.9. The summed E-state index contributed by atoms with van der Waals surface area (Å²) in [5, 5.41) is 3.86. The third-order valence-corrected chi connectivity index (χ3v) is 3.88. The van der Waals surface area contributed by atoms with E-state index in [1.165, 1.54) is 4.90 Å². The highest BCUT2D eigenvalue weighted by molar-refractivity contribution is 7.80. The lowest BCUT2D eigenvalue weighted by Gasteiger charge is -2.17. The first-order chi connectivity index (χ1) is 11.1. The van der Waals surface area contributed by atoms with Gasteiger partial charge >= 0.3 is 0 Å². The maximum Gasteiger partial charge on any atom is 0.281 e. The summed E-state index contributed by atoms with van der Waals surface area (Å²) >= 11 is 11.3. The lowest BCUT2D eigenvalue weighted by molar-refractivity contribution is -0.113. The molecule has 1 heterocycles. The molecular weight excluding hydrogens is 332 g/mol. The molecule has 6 heteroatoms. The highest BCUT2D eigenvalue weighted by Crippen LogP contribution is 2.31. The van der Waals surface area contributed by atoms with Crippen LogP contribution in [0.15, 0.2) is 54.2 Å². The lowest BCUT2D eigenvalue weighted by Crippen LogP contribution is -2.30. The second-order valence-electron chi connectivity index (χ2n) is 4.86. The molecule has 23 heavy (non-hydrogen) atoms. The van der Waals surface area contributed by atoms with Crippen LogP contribution >= 0.6 is 23.8 Å². The second-order valence-corrected chi connectivity index (χ2v) is 5.68. The molecule has 0 saturated carbocycles. The number of thiocarbonyl (C=S) groups is 1. The average molecular weight is 345 g/mol. The largest absolute Gasteiger partial charge is 0.495 e. The van der Waals surface area contributed by atoms with E-state index in [0.29, 0.717) is 27.3 Å². The first-order valence-electron chi connectivity index (χ1n) is 6.86. The molecule has 1 saturated heterocycles. The van der Waals surface area contributed by atoms with Crippen LogP contribution in [-0.4, -0.2) is 18.1 Å². The number of hydrogen-bond acceptors (Lipinski definition) is 3. The van der Waals surface area contributed by atoms with Crippen molar-refractivity contribution in [2.45, 2.75) is 0 Å². The van der Waals surface area contributed by atoms with E-state index in [2.05, 4.69) is 5.32 Å². The highest BCUT2D eigenvalue weighted by atomic mass is 35.5. The predicted molar refractivity (Wildman–Crippen MR) is 95.6 cm³/mol. The Morgan fingerprint density at radius 1 is 1.22 bits per heavy atom. The van der Waals surface area contributed by atoms with Crippen molar-refractivity contribution in [1.29, 1.82) is 0 Å². The zero-order valence-electron chi connectivity index (χ0n) is 12.2. The smallest absolute Gasteiger partial charge is 0.281 e. The summed E-state index contributed by atoms with van der Waals surface area (Å²) < 4.78 is 5.31. The van der Waals surface area contributed by atoms with Crippen molar-refractivity contribution in [1.82, 2.24) is 5.32 Å². The number of benzene rings is 2. The first-order valence-corrected chi connectivity index (χ1v) is 7.64. The number of nitrogens with one attached hydrogen (secondary N) is 1. The van der Waals surface area contributed by atoms with Crippen molar-refractivity contribution in [2.75, 3.05) is 12.0 Å². The van der Waals surface area contributed by atoms with Gasteiger partial charge in [-0.15, -0.1) is 0 Å². The number of carbonyl (C=O) groups is 1. The Hall–Kier alpha value is -2.37. The maximum atomic E-state index is 12.7. The molecule has 1 aliphatic heterocycles. The van der Waals surface area contributed by atoms with Crippen molar-refractivity contribution >= 4 is 46.6 Å². The summed E-state index contributed by atoms with van der Waals surface area (Å²) in [6, 6.07) is 14.5. The van der Waals surface area contributed by atoms with Crippen LogP contribution in [0.25, 0.3) is 6.08 Å². The number of rotatable bonds is 3. The quantitative estimate of drug-likeness (QED) is 0.682. The zero-order valence-corrected chi connectivity index (χ0v) is 13.8. The molecule has 2 aromatic rings. The summed E-state index contributed by atoms with van der Waals surface area (Å²) in [7, 11) is 1.55. The van der Waals surface area contributed by atoms with E-state index in [4.69, 9.17) is 28.6 Å². The number of amides is 1. The number of methoxy groups -OCH3 is 1.